The number of nitrogens with zero attached hydrogens (tertiary/aromatic N) is 2. The van der Waals surface area contributed by atoms with Crippen LogP contribution in [0.4, 0.5) is 5.69 Å². The molecular formula is C17H21N3O2S. The van der Waals surface area contributed by atoms with Crippen molar-refractivity contribution in [1.29, 1.82) is 0 Å². The predicted octanol–water partition coefficient (Wildman–Crippen LogP) is 2.66. The first kappa shape index (κ1) is 16.0. The van der Waals surface area contributed by atoms with Crippen LogP contribution >= 0.6 is 11.3 Å². The number of hydrogen-bond acceptors (Lipinski definition) is 5. The second-order valence-corrected chi connectivity index (χ2v) is 6.70. The van der Waals surface area contributed by atoms with E-state index in [2.05, 4.69) is 10.3 Å². The van der Waals surface area contributed by atoms with Crippen molar-refractivity contribution in [2.75, 3.05) is 18.5 Å². The van der Waals surface area contributed by atoms with E-state index < -0.39 is 0 Å². The highest BCUT2D eigenvalue weighted by Gasteiger charge is 2.29. The Morgan fingerprint density at radius 2 is 2.30 bits per heavy atom. The standard InChI is InChI=1S/C17H21N3O2S/c1-12-11-23-16(19-12)9-18-15-7-3-2-6-14(15)17(22)20-8-4-5-13(20)10-21/h2-3,6-7,11,13,18,21H,4-5,8-10H2,1H3. The number of para-hydroxylation sites is 1. The number of likely N-dealkylation sites (tertiary alicyclic amines) is 1. The van der Waals surface area contributed by atoms with E-state index in [0.29, 0.717) is 18.7 Å². The molecule has 0 radical (unpaired) electrons. The number of thiazole rings is 1. The summed E-state index contributed by atoms with van der Waals surface area (Å²) in [4.78, 5) is 19.0. The van der Waals surface area contributed by atoms with Crippen molar-refractivity contribution in [3.05, 3.63) is 45.9 Å². The first-order chi connectivity index (χ1) is 11.2. The average molecular weight is 331 g/mol. The van der Waals surface area contributed by atoms with Crippen molar-refractivity contribution in [3.8, 4) is 0 Å². The van der Waals surface area contributed by atoms with Crippen LogP contribution in [0.15, 0.2) is 29.6 Å². The molecule has 3 rings (SSSR count). The van der Waals surface area contributed by atoms with E-state index in [1.54, 1.807) is 16.2 Å². The van der Waals surface area contributed by atoms with Crippen molar-refractivity contribution in [2.24, 2.45) is 0 Å². The maximum absolute atomic E-state index is 12.8. The third kappa shape index (κ3) is 3.54. The molecule has 1 atom stereocenters. The van der Waals surface area contributed by atoms with Crippen LogP contribution in [0, 0.1) is 6.92 Å². The molecule has 2 N–H and O–H groups in total. The van der Waals surface area contributed by atoms with Crippen LogP contribution in [0.25, 0.3) is 0 Å². The summed E-state index contributed by atoms with van der Waals surface area (Å²) in [6.45, 7) is 3.32. The van der Waals surface area contributed by atoms with Crippen molar-refractivity contribution < 1.29 is 9.90 Å². The van der Waals surface area contributed by atoms with Crippen LogP contribution in [0.2, 0.25) is 0 Å². The van der Waals surface area contributed by atoms with Gasteiger partial charge < -0.3 is 15.3 Å². The second-order valence-electron chi connectivity index (χ2n) is 5.76. The summed E-state index contributed by atoms with van der Waals surface area (Å²) in [6.07, 6.45) is 1.82. The maximum Gasteiger partial charge on any atom is 0.256 e. The van der Waals surface area contributed by atoms with E-state index in [-0.39, 0.29) is 18.6 Å². The quantitative estimate of drug-likeness (QED) is 0.884. The number of nitrogens with one attached hydrogen (secondary N) is 1. The summed E-state index contributed by atoms with van der Waals surface area (Å²) in [7, 11) is 0. The van der Waals surface area contributed by atoms with Gasteiger partial charge in [0, 0.05) is 23.3 Å². The fraction of sp³-hybridized carbons (Fsp3) is 0.412. The number of aromatic nitrogens is 1. The van der Waals surface area contributed by atoms with Crippen molar-refractivity contribution in [2.45, 2.75) is 32.4 Å². The van der Waals surface area contributed by atoms with Gasteiger partial charge in [0.2, 0.25) is 0 Å². The van der Waals surface area contributed by atoms with Crippen LogP contribution in [0.5, 0.6) is 0 Å². The lowest BCUT2D eigenvalue weighted by Gasteiger charge is -2.24. The average Bonchev–Trinajstić information content (AvgIpc) is 3.21. The Hall–Kier alpha value is -1.92. The highest BCUT2D eigenvalue weighted by atomic mass is 32.1. The Labute approximate surface area is 140 Å². The zero-order valence-corrected chi connectivity index (χ0v) is 14.0. The van der Waals surface area contributed by atoms with Gasteiger partial charge in [-0.1, -0.05) is 12.1 Å². The molecule has 1 aliphatic rings. The largest absolute Gasteiger partial charge is 0.394 e. The molecule has 5 nitrogen and oxygen atoms in total. The van der Waals surface area contributed by atoms with E-state index in [9.17, 15) is 9.90 Å². The molecule has 1 amide bonds. The molecule has 1 aromatic heterocycles. The van der Waals surface area contributed by atoms with E-state index >= 15 is 0 Å². The zero-order chi connectivity index (χ0) is 16.2. The van der Waals surface area contributed by atoms with Gasteiger partial charge in [0.1, 0.15) is 5.01 Å². The summed E-state index contributed by atoms with van der Waals surface area (Å²) < 4.78 is 0. The smallest absolute Gasteiger partial charge is 0.256 e. The molecule has 23 heavy (non-hydrogen) atoms. The Balaban J connectivity index is 1.76. The van der Waals surface area contributed by atoms with Crippen LogP contribution < -0.4 is 5.32 Å². The van der Waals surface area contributed by atoms with Gasteiger partial charge in [-0.15, -0.1) is 11.3 Å². The molecule has 1 aromatic carbocycles. The Kier molecular flexibility index (Phi) is 4.93. The maximum atomic E-state index is 12.8. The molecule has 1 saturated heterocycles. The third-order valence-electron chi connectivity index (χ3n) is 4.10. The minimum Gasteiger partial charge on any atom is -0.394 e. The molecular weight excluding hydrogens is 310 g/mol. The fourth-order valence-electron chi connectivity index (χ4n) is 2.93. The van der Waals surface area contributed by atoms with Gasteiger partial charge >= 0.3 is 0 Å². The minimum absolute atomic E-state index is 0.0139. The van der Waals surface area contributed by atoms with Crippen LogP contribution in [-0.2, 0) is 6.54 Å². The Morgan fingerprint density at radius 3 is 3.04 bits per heavy atom. The minimum atomic E-state index is -0.0582. The van der Waals surface area contributed by atoms with Gasteiger partial charge in [0.15, 0.2) is 0 Å². The molecule has 1 aliphatic heterocycles. The summed E-state index contributed by atoms with van der Waals surface area (Å²) in [5.41, 5.74) is 2.48. The molecule has 122 valence electrons. The summed E-state index contributed by atoms with van der Waals surface area (Å²) >= 11 is 1.61. The SMILES string of the molecule is Cc1csc(CNc2ccccc2C(=O)N2CCCC2CO)n1. The fourth-order valence-corrected chi connectivity index (χ4v) is 3.64. The van der Waals surface area contributed by atoms with Gasteiger partial charge in [-0.05, 0) is 31.9 Å². The van der Waals surface area contributed by atoms with Crippen LogP contribution in [0.1, 0.15) is 33.9 Å². The lowest BCUT2D eigenvalue weighted by molar-refractivity contribution is 0.0678. The van der Waals surface area contributed by atoms with Crippen LogP contribution in [-0.4, -0.2) is 40.1 Å². The second kappa shape index (κ2) is 7.10. The number of carbonyl (C=O) groups excluding carboxylic acids is 1. The molecule has 2 aromatic rings. The van der Waals surface area contributed by atoms with E-state index in [4.69, 9.17) is 0 Å². The Bertz CT molecular complexity index is 686. The first-order valence-corrected chi connectivity index (χ1v) is 8.72. The molecule has 0 bridgehead atoms. The topological polar surface area (TPSA) is 65.5 Å². The van der Waals surface area contributed by atoms with Crippen molar-refractivity contribution in [1.82, 2.24) is 9.88 Å². The monoisotopic (exact) mass is 331 g/mol. The third-order valence-corrected chi connectivity index (χ3v) is 5.07. The van der Waals surface area contributed by atoms with Crippen LogP contribution in [0.3, 0.4) is 0 Å². The highest BCUT2D eigenvalue weighted by molar-refractivity contribution is 7.09. The molecule has 1 unspecified atom stereocenters. The number of benzene rings is 1. The number of aliphatic hydroxyl groups is 1. The summed E-state index contributed by atoms with van der Waals surface area (Å²) in [5, 5.41) is 15.8. The molecule has 2 heterocycles. The number of hydrogen-bond donors (Lipinski definition) is 2. The van der Waals surface area contributed by atoms with E-state index in [1.807, 2.05) is 36.6 Å². The lowest BCUT2D eigenvalue weighted by atomic mass is 10.1. The normalized spacial score (nSPS) is 17.5. The number of aliphatic hydroxyl groups excluding tert-OH is 1. The highest BCUT2D eigenvalue weighted by Crippen LogP contribution is 2.24. The van der Waals surface area contributed by atoms with Gasteiger partial charge in [0.25, 0.3) is 5.91 Å². The first-order valence-electron chi connectivity index (χ1n) is 7.85. The number of aryl methyl sites for hydroxylation is 1. The zero-order valence-electron chi connectivity index (χ0n) is 13.2. The molecule has 0 aliphatic carbocycles. The molecule has 1 fully saturated rings. The number of anilines is 1. The van der Waals surface area contributed by atoms with Gasteiger partial charge in [-0.2, -0.15) is 0 Å². The van der Waals surface area contributed by atoms with Gasteiger partial charge in [0.05, 0.1) is 24.8 Å². The summed E-state index contributed by atoms with van der Waals surface area (Å²) in [6, 6.07) is 7.48. The van der Waals surface area contributed by atoms with Crippen molar-refractivity contribution >= 4 is 22.9 Å². The lowest BCUT2D eigenvalue weighted by Crippen LogP contribution is -2.37. The number of carbonyl (C=O) groups is 1. The molecule has 0 saturated carbocycles. The number of rotatable bonds is 5. The van der Waals surface area contributed by atoms with Crippen molar-refractivity contribution in [3.63, 3.8) is 0 Å². The predicted molar refractivity (Wildman–Crippen MR) is 91.8 cm³/mol. The molecule has 6 heteroatoms. The number of amides is 1. The molecule has 0 spiro atoms. The van der Waals surface area contributed by atoms with E-state index in [0.717, 1.165) is 29.2 Å². The van der Waals surface area contributed by atoms with Gasteiger partial charge in [-0.25, -0.2) is 4.98 Å². The van der Waals surface area contributed by atoms with Gasteiger partial charge in [-0.3, -0.25) is 4.79 Å². The Morgan fingerprint density at radius 1 is 1.48 bits per heavy atom. The summed E-state index contributed by atoms with van der Waals surface area (Å²) in [5.74, 6) is -0.0139. The van der Waals surface area contributed by atoms with E-state index in [1.165, 1.54) is 0 Å².